The Morgan fingerprint density at radius 2 is 1.66 bits per heavy atom. The number of hydrogen-bond acceptors (Lipinski definition) is 6. The Morgan fingerprint density at radius 1 is 0.897 bits per heavy atom. The lowest BCUT2D eigenvalue weighted by Crippen LogP contribution is -2.09. The third-order valence-electron chi connectivity index (χ3n) is 4.46. The van der Waals surface area contributed by atoms with Crippen LogP contribution in [0.4, 0.5) is 10.8 Å². The first-order valence-corrected chi connectivity index (χ1v) is 10.0. The molecule has 0 atom stereocenters. The number of fused-ring (bicyclic) bond motifs is 1. The maximum absolute atomic E-state index is 5.46. The van der Waals surface area contributed by atoms with Gasteiger partial charge in [0, 0.05) is 10.9 Å². The first-order chi connectivity index (χ1) is 14.4. The first kappa shape index (κ1) is 17.5. The summed E-state index contributed by atoms with van der Waals surface area (Å²) in [5, 5.41) is 9.43. The van der Waals surface area contributed by atoms with E-state index in [-0.39, 0.29) is 6.79 Å². The Hall–Kier alpha value is -3.64. The molecule has 0 spiro atoms. The van der Waals surface area contributed by atoms with Crippen molar-refractivity contribution in [1.29, 1.82) is 0 Å². The van der Waals surface area contributed by atoms with Gasteiger partial charge in [-0.1, -0.05) is 48.5 Å². The van der Waals surface area contributed by atoms with E-state index in [9.17, 15) is 0 Å². The van der Waals surface area contributed by atoms with Crippen molar-refractivity contribution in [3.05, 3.63) is 89.8 Å². The number of hydrogen-bond donors (Lipinski definition) is 0. The largest absolute Gasteiger partial charge is 0.454 e. The van der Waals surface area contributed by atoms with Gasteiger partial charge in [-0.05, 0) is 35.9 Å². The quantitative estimate of drug-likeness (QED) is 0.318. The number of rotatable bonds is 5. The minimum Gasteiger partial charge on any atom is -0.454 e. The molecule has 2 heterocycles. The topological polar surface area (TPSA) is 47.0 Å². The van der Waals surface area contributed by atoms with Gasteiger partial charge in [-0.3, -0.25) is 0 Å². The maximum atomic E-state index is 5.46. The molecule has 1 aromatic heterocycles. The van der Waals surface area contributed by atoms with E-state index < -0.39 is 0 Å². The normalized spacial score (nSPS) is 12.4. The number of ether oxygens (including phenoxy) is 2. The van der Waals surface area contributed by atoms with E-state index in [4.69, 9.17) is 19.6 Å². The molecule has 3 aromatic carbocycles. The van der Waals surface area contributed by atoms with Crippen LogP contribution in [0.2, 0.25) is 0 Å². The smallest absolute Gasteiger partial charge is 0.231 e. The Bertz CT molecular complexity index is 1140. The van der Waals surface area contributed by atoms with Crippen molar-refractivity contribution in [2.45, 2.75) is 0 Å². The number of aromatic nitrogens is 1. The van der Waals surface area contributed by atoms with Gasteiger partial charge in [0.15, 0.2) is 11.5 Å². The molecule has 6 heteroatoms. The van der Waals surface area contributed by atoms with E-state index in [0.29, 0.717) is 0 Å². The summed E-state index contributed by atoms with van der Waals surface area (Å²) in [4.78, 5) is 4.81. The van der Waals surface area contributed by atoms with Gasteiger partial charge in [-0.2, -0.15) is 5.10 Å². The number of benzene rings is 3. The minimum atomic E-state index is 0.257. The molecule has 5 rings (SSSR count). The Kier molecular flexibility index (Phi) is 4.68. The van der Waals surface area contributed by atoms with Gasteiger partial charge in [0.05, 0.1) is 17.6 Å². The van der Waals surface area contributed by atoms with Crippen LogP contribution in [0.5, 0.6) is 11.5 Å². The number of nitrogens with zero attached hydrogens (tertiary/aromatic N) is 3. The van der Waals surface area contributed by atoms with E-state index in [1.807, 2.05) is 71.7 Å². The Labute approximate surface area is 172 Å². The summed E-state index contributed by atoms with van der Waals surface area (Å²) in [6.07, 6.45) is 1.80. The molecule has 142 valence electrons. The van der Waals surface area contributed by atoms with Gasteiger partial charge < -0.3 is 9.47 Å². The fourth-order valence-electron chi connectivity index (χ4n) is 3.02. The third kappa shape index (κ3) is 3.70. The van der Waals surface area contributed by atoms with Gasteiger partial charge in [0.1, 0.15) is 0 Å². The number of para-hydroxylation sites is 1. The van der Waals surface area contributed by atoms with Crippen molar-refractivity contribution >= 4 is 28.4 Å². The lowest BCUT2D eigenvalue weighted by Gasteiger charge is -2.15. The van der Waals surface area contributed by atoms with Gasteiger partial charge in [0.25, 0.3) is 0 Å². The summed E-state index contributed by atoms with van der Waals surface area (Å²) in [5.74, 6) is 1.50. The summed E-state index contributed by atoms with van der Waals surface area (Å²) in [5.41, 5.74) is 3.89. The predicted molar refractivity (Wildman–Crippen MR) is 116 cm³/mol. The molecule has 0 aliphatic carbocycles. The van der Waals surface area contributed by atoms with Crippen molar-refractivity contribution < 1.29 is 9.47 Å². The second kappa shape index (κ2) is 7.77. The average Bonchev–Trinajstić information content (AvgIpc) is 3.45. The molecule has 0 amide bonds. The number of thiazole rings is 1. The zero-order chi connectivity index (χ0) is 19.5. The van der Waals surface area contributed by atoms with Gasteiger partial charge in [0.2, 0.25) is 11.9 Å². The zero-order valence-electron chi connectivity index (χ0n) is 15.4. The molecule has 0 bridgehead atoms. The van der Waals surface area contributed by atoms with Gasteiger partial charge in [-0.15, -0.1) is 11.3 Å². The van der Waals surface area contributed by atoms with Crippen molar-refractivity contribution in [2.75, 3.05) is 11.8 Å². The summed E-state index contributed by atoms with van der Waals surface area (Å²) < 4.78 is 10.8. The maximum Gasteiger partial charge on any atom is 0.231 e. The van der Waals surface area contributed by atoms with Crippen LogP contribution in [-0.2, 0) is 0 Å². The SMILES string of the molecule is C(=N\N(c1ccccc1)c1nc(-c2ccccc2)cs1)/c1ccc2c(c1)OCO2. The van der Waals surface area contributed by atoms with Crippen molar-refractivity contribution in [3.8, 4) is 22.8 Å². The minimum absolute atomic E-state index is 0.257. The molecule has 29 heavy (non-hydrogen) atoms. The summed E-state index contributed by atoms with van der Waals surface area (Å²) in [6.45, 7) is 0.257. The van der Waals surface area contributed by atoms with E-state index in [1.54, 1.807) is 17.6 Å². The predicted octanol–water partition coefficient (Wildman–Crippen LogP) is 5.71. The second-order valence-electron chi connectivity index (χ2n) is 6.39. The van der Waals surface area contributed by atoms with E-state index in [2.05, 4.69) is 17.5 Å². The molecule has 0 saturated heterocycles. The zero-order valence-corrected chi connectivity index (χ0v) is 16.3. The Morgan fingerprint density at radius 3 is 2.48 bits per heavy atom. The molecule has 5 nitrogen and oxygen atoms in total. The fraction of sp³-hybridized carbons (Fsp3) is 0.0435. The highest BCUT2D eigenvalue weighted by atomic mass is 32.1. The van der Waals surface area contributed by atoms with E-state index >= 15 is 0 Å². The van der Waals surface area contributed by atoms with Crippen molar-refractivity contribution in [1.82, 2.24) is 4.98 Å². The van der Waals surface area contributed by atoms with Crippen molar-refractivity contribution in [2.24, 2.45) is 5.10 Å². The van der Waals surface area contributed by atoms with E-state index in [0.717, 1.165) is 39.1 Å². The fourth-order valence-corrected chi connectivity index (χ4v) is 3.83. The van der Waals surface area contributed by atoms with Crippen LogP contribution in [0.3, 0.4) is 0 Å². The lowest BCUT2D eigenvalue weighted by atomic mass is 10.2. The Balaban J connectivity index is 1.49. The molecule has 0 radical (unpaired) electrons. The van der Waals surface area contributed by atoms with Crippen molar-refractivity contribution in [3.63, 3.8) is 0 Å². The van der Waals surface area contributed by atoms with Crippen LogP contribution in [0.15, 0.2) is 89.3 Å². The molecule has 0 saturated carbocycles. The van der Waals surface area contributed by atoms with Crippen LogP contribution in [0.25, 0.3) is 11.3 Å². The van der Waals surface area contributed by atoms with Crippen LogP contribution < -0.4 is 14.5 Å². The monoisotopic (exact) mass is 399 g/mol. The standard InChI is InChI=1S/C23H17N3O2S/c1-3-7-18(8-4-1)20-15-29-23(25-20)26(19-9-5-2-6-10-19)24-14-17-11-12-21-22(13-17)28-16-27-21/h1-15H,16H2/b24-14+. The molecule has 0 unspecified atom stereocenters. The van der Waals surface area contributed by atoms with Gasteiger partial charge >= 0.3 is 0 Å². The first-order valence-electron chi connectivity index (χ1n) is 9.16. The highest BCUT2D eigenvalue weighted by Gasteiger charge is 2.15. The molecule has 0 N–H and O–H groups in total. The van der Waals surface area contributed by atoms with Crippen LogP contribution in [0.1, 0.15) is 5.56 Å². The highest BCUT2D eigenvalue weighted by Crippen LogP contribution is 2.34. The second-order valence-corrected chi connectivity index (χ2v) is 7.22. The van der Waals surface area contributed by atoms with Gasteiger partial charge in [-0.25, -0.2) is 9.99 Å². The summed E-state index contributed by atoms with van der Waals surface area (Å²) >= 11 is 1.56. The molecular weight excluding hydrogens is 382 g/mol. The molecule has 0 fully saturated rings. The molecule has 1 aliphatic rings. The van der Waals surface area contributed by atoms with Crippen LogP contribution in [0, 0.1) is 0 Å². The summed E-state index contributed by atoms with van der Waals surface area (Å²) in [7, 11) is 0. The number of hydrazone groups is 1. The highest BCUT2D eigenvalue weighted by molar-refractivity contribution is 7.14. The summed E-state index contributed by atoms with van der Waals surface area (Å²) in [6, 6.07) is 25.9. The lowest BCUT2D eigenvalue weighted by molar-refractivity contribution is 0.174. The third-order valence-corrected chi connectivity index (χ3v) is 5.28. The molecular formula is C23H17N3O2S. The average molecular weight is 399 g/mol. The molecule has 1 aliphatic heterocycles. The van der Waals surface area contributed by atoms with Crippen LogP contribution >= 0.6 is 11.3 Å². The van der Waals surface area contributed by atoms with Crippen LogP contribution in [-0.4, -0.2) is 18.0 Å². The number of anilines is 2. The van der Waals surface area contributed by atoms with E-state index in [1.165, 1.54) is 0 Å². The molecule has 4 aromatic rings.